The molecule has 1 aliphatic carbocycles. The molecule has 0 aromatic heterocycles. The second-order valence-electron chi connectivity index (χ2n) is 14.5. The van der Waals surface area contributed by atoms with Gasteiger partial charge in [-0.3, -0.25) is 0 Å². The Morgan fingerprint density at radius 3 is 1.80 bits per heavy atom. The Labute approximate surface area is 303 Å². The zero-order valence-electron chi connectivity index (χ0n) is 32.9. The lowest BCUT2D eigenvalue weighted by Crippen LogP contribution is -2.11. The minimum Gasteiger partial charge on any atom is -0.303 e. The highest BCUT2D eigenvalue weighted by atomic mass is 16.1. The van der Waals surface area contributed by atoms with Crippen LogP contribution in [-0.2, 0) is 32.0 Å². The van der Waals surface area contributed by atoms with Crippen LogP contribution in [0.5, 0.6) is 0 Å². The van der Waals surface area contributed by atoms with Crippen LogP contribution in [-0.4, -0.2) is 25.1 Å². The van der Waals surface area contributed by atoms with Gasteiger partial charge < -0.3 is 19.2 Å². The fraction of sp³-hybridized carbons (Fsp3) is 0.689. The Hall–Kier alpha value is -2.62. The van der Waals surface area contributed by atoms with Crippen molar-refractivity contribution in [2.45, 2.75) is 177 Å². The third-order valence-corrected chi connectivity index (χ3v) is 8.88. The summed E-state index contributed by atoms with van der Waals surface area (Å²) in [4.78, 5) is 40.5. The van der Waals surface area contributed by atoms with Crippen LogP contribution in [0.1, 0.15) is 175 Å². The van der Waals surface area contributed by atoms with E-state index >= 15 is 0 Å². The van der Waals surface area contributed by atoms with Gasteiger partial charge in [0, 0.05) is 25.2 Å². The molecule has 0 saturated heterocycles. The number of carbonyl (C=O) groups is 4. The van der Waals surface area contributed by atoms with Crippen LogP contribution in [0.3, 0.4) is 0 Å². The van der Waals surface area contributed by atoms with Crippen molar-refractivity contribution in [2.24, 2.45) is 23.7 Å². The standard InChI is InChI=1S/C13H18O.C12H20O.C11H22O.C9H16O/c1-11(2)10-13-7-5-12(6-8-13)4-3-9-14;1-10(2)12-7-5-11(6-8-12)4-3-9-13;1-3-4-5-6-7-8-9-11(2)10-12;1-2-3-4-5-6-7-8-9-10/h5-9,11H,3-4,10H2,1-2H3;5,9-10,12H,3-4,6-8H2,1-2H3;10-11H,3-9H2,1-2H3;3-4,9H,2,5-8H2,1H3/b;;;4-3-. The van der Waals surface area contributed by atoms with Crippen LogP contribution in [0.25, 0.3) is 0 Å². The van der Waals surface area contributed by atoms with Gasteiger partial charge in [0.05, 0.1) is 0 Å². The lowest BCUT2D eigenvalue weighted by Gasteiger charge is -2.24. The molecule has 0 radical (unpaired) electrons. The van der Waals surface area contributed by atoms with Crippen molar-refractivity contribution in [1.29, 1.82) is 0 Å². The summed E-state index contributed by atoms with van der Waals surface area (Å²) < 4.78 is 0. The predicted molar refractivity (Wildman–Crippen MR) is 212 cm³/mol. The first-order valence-electron chi connectivity index (χ1n) is 19.9. The maximum Gasteiger partial charge on any atom is 0.122 e. The van der Waals surface area contributed by atoms with E-state index in [-0.39, 0.29) is 5.92 Å². The van der Waals surface area contributed by atoms with Gasteiger partial charge in [0.2, 0.25) is 0 Å². The highest BCUT2D eigenvalue weighted by Crippen LogP contribution is 2.30. The lowest BCUT2D eigenvalue weighted by molar-refractivity contribution is -0.111. The van der Waals surface area contributed by atoms with Crippen molar-refractivity contribution < 1.29 is 19.2 Å². The van der Waals surface area contributed by atoms with E-state index in [2.05, 4.69) is 84.0 Å². The van der Waals surface area contributed by atoms with Crippen LogP contribution in [0.4, 0.5) is 0 Å². The molecule has 0 fully saturated rings. The van der Waals surface area contributed by atoms with Gasteiger partial charge in [-0.2, -0.15) is 0 Å². The molecule has 0 saturated carbocycles. The van der Waals surface area contributed by atoms with Crippen LogP contribution in [0.15, 0.2) is 48.1 Å². The number of aryl methyl sites for hydroxylation is 1. The Balaban J connectivity index is 0. The fourth-order valence-electron chi connectivity index (χ4n) is 5.61. The minimum absolute atomic E-state index is 0.274. The maximum absolute atomic E-state index is 10.3. The fourth-order valence-corrected chi connectivity index (χ4v) is 5.61. The van der Waals surface area contributed by atoms with Crippen LogP contribution in [0, 0.1) is 23.7 Å². The number of allylic oxidation sites excluding steroid dienone is 4. The topological polar surface area (TPSA) is 68.3 Å². The SMILES string of the molecule is CC(C)C1CC=C(CCC=O)CC1.CC(C)Cc1ccc(CCC=O)cc1.CC/C=C\CCCCC=O.CCCCCCCCC(C)C=O. The normalized spacial score (nSPS) is 14.4. The third-order valence-electron chi connectivity index (χ3n) is 8.88. The molecule has 1 aliphatic rings. The average Bonchev–Trinajstić information content (AvgIpc) is 3.10. The summed E-state index contributed by atoms with van der Waals surface area (Å²) in [6, 6.07) is 8.59. The molecule has 2 unspecified atom stereocenters. The monoisotopic (exact) mass is 681 g/mol. The Bertz CT molecular complexity index is 957. The van der Waals surface area contributed by atoms with Crippen LogP contribution in [0.2, 0.25) is 0 Å². The number of unbranched alkanes of at least 4 members (excludes halogenated alkanes) is 8. The first-order chi connectivity index (χ1) is 23.7. The zero-order valence-corrected chi connectivity index (χ0v) is 32.9. The summed E-state index contributed by atoms with van der Waals surface area (Å²) in [5.74, 6) is 2.66. The summed E-state index contributed by atoms with van der Waals surface area (Å²) in [5, 5.41) is 0. The molecule has 49 heavy (non-hydrogen) atoms. The van der Waals surface area contributed by atoms with Crippen molar-refractivity contribution in [2.75, 3.05) is 0 Å². The predicted octanol–water partition coefficient (Wildman–Crippen LogP) is 12.6. The molecule has 0 aliphatic heterocycles. The molecule has 280 valence electrons. The Morgan fingerprint density at radius 2 is 1.27 bits per heavy atom. The molecular formula is C45H76O4. The van der Waals surface area contributed by atoms with Crippen molar-refractivity contribution in [1.82, 2.24) is 0 Å². The largest absolute Gasteiger partial charge is 0.303 e. The van der Waals surface area contributed by atoms with E-state index < -0.39 is 0 Å². The van der Waals surface area contributed by atoms with Crippen LogP contribution >= 0.6 is 0 Å². The van der Waals surface area contributed by atoms with Crippen molar-refractivity contribution in [3.05, 3.63) is 59.2 Å². The van der Waals surface area contributed by atoms with Gasteiger partial charge in [-0.1, -0.05) is 135 Å². The zero-order chi connectivity index (χ0) is 37.0. The summed E-state index contributed by atoms with van der Waals surface area (Å²) in [6.45, 7) is 15.4. The molecule has 2 rings (SSSR count). The number of benzene rings is 1. The van der Waals surface area contributed by atoms with Crippen molar-refractivity contribution in [3.63, 3.8) is 0 Å². The molecular weight excluding hydrogens is 604 g/mol. The van der Waals surface area contributed by atoms with Gasteiger partial charge in [0.15, 0.2) is 0 Å². The Morgan fingerprint density at radius 1 is 0.673 bits per heavy atom. The molecule has 0 bridgehead atoms. The second-order valence-corrected chi connectivity index (χ2v) is 14.5. The number of aldehydes is 4. The quantitative estimate of drug-likeness (QED) is 0.0655. The van der Waals surface area contributed by atoms with E-state index in [1.165, 1.54) is 74.5 Å². The molecule has 0 spiro atoms. The summed E-state index contributed by atoms with van der Waals surface area (Å²) in [5.41, 5.74) is 4.14. The molecule has 1 aromatic rings. The van der Waals surface area contributed by atoms with E-state index in [9.17, 15) is 19.2 Å². The highest BCUT2D eigenvalue weighted by Gasteiger charge is 2.16. The summed E-state index contributed by atoms with van der Waals surface area (Å²) in [6.07, 6.45) is 33.0. The number of carbonyl (C=O) groups excluding carboxylic acids is 4. The van der Waals surface area contributed by atoms with Gasteiger partial charge in [-0.05, 0) is 99.5 Å². The number of hydrogen-bond donors (Lipinski definition) is 0. The van der Waals surface area contributed by atoms with Crippen molar-refractivity contribution >= 4 is 25.1 Å². The van der Waals surface area contributed by atoms with Crippen LogP contribution < -0.4 is 0 Å². The lowest BCUT2D eigenvalue weighted by atomic mass is 9.81. The molecule has 0 heterocycles. The average molecular weight is 681 g/mol. The second kappa shape index (κ2) is 36.7. The molecule has 2 atom stereocenters. The highest BCUT2D eigenvalue weighted by molar-refractivity contribution is 5.52. The first-order valence-corrected chi connectivity index (χ1v) is 19.9. The van der Waals surface area contributed by atoms with E-state index in [4.69, 9.17) is 0 Å². The van der Waals surface area contributed by atoms with Crippen molar-refractivity contribution in [3.8, 4) is 0 Å². The first kappa shape index (κ1) is 48.5. The summed E-state index contributed by atoms with van der Waals surface area (Å²) >= 11 is 0. The molecule has 1 aromatic carbocycles. The minimum atomic E-state index is 0.274. The molecule has 0 N–H and O–H groups in total. The molecule has 4 nitrogen and oxygen atoms in total. The van der Waals surface area contributed by atoms with Gasteiger partial charge in [0.25, 0.3) is 0 Å². The Kier molecular flexibility index (Phi) is 36.3. The van der Waals surface area contributed by atoms with Gasteiger partial charge in [0.1, 0.15) is 25.1 Å². The summed E-state index contributed by atoms with van der Waals surface area (Å²) in [7, 11) is 0. The van der Waals surface area contributed by atoms with Gasteiger partial charge in [-0.15, -0.1) is 0 Å². The van der Waals surface area contributed by atoms with E-state index in [0.29, 0.717) is 18.8 Å². The van der Waals surface area contributed by atoms with E-state index in [1.807, 2.05) is 6.92 Å². The molecule has 0 amide bonds. The third kappa shape index (κ3) is 33.6. The van der Waals surface area contributed by atoms with E-state index in [1.54, 1.807) is 0 Å². The van der Waals surface area contributed by atoms with Gasteiger partial charge in [-0.25, -0.2) is 0 Å². The number of rotatable bonds is 23. The van der Waals surface area contributed by atoms with E-state index in [0.717, 1.165) is 94.8 Å². The number of hydrogen-bond acceptors (Lipinski definition) is 4. The molecule has 4 heteroatoms. The maximum atomic E-state index is 10.3. The smallest absolute Gasteiger partial charge is 0.122 e. The van der Waals surface area contributed by atoms with Gasteiger partial charge >= 0.3 is 0 Å².